The minimum Gasteiger partial charge on any atom is -0.335 e. The molecular formula is C22H23N5O2S. The van der Waals surface area contributed by atoms with E-state index < -0.39 is 0 Å². The number of nitrogens with zero attached hydrogens (tertiary/aromatic N) is 4. The first-order chi connectivity index (χ1) is 14.5. The molecule has 1 amide bonds. The highest BCUT2D eigenvalue weighted by atomic mass is 32.1. The Hall–Kier alpha value is -3.00. The number of anilines is 1. The Morgan fingerprint density at radius 1 is 1.23 bits per heavy atom. The van der Waals surface area contributed by atoms with Gasteiger partial charge in [-0.15, -0.1) is 11.3 Å². The lowest BCUT2D eigenvalue weighted by molar-refractivity contribution is 0.102. The number of hydrogen-bond acceptors (Lipinski definition) is 6. The van der Waals surface area contributed by atoms with Crippen LogP contribution in [0.4, 0.5) is 5.82 Å². The van der Waals surface area contributed by atoms with E-state index in [0.717, 1.165) is 34.8 Å². The van der Waals surface area contributed by atoms with Crippen LogP contribution in [-0.2, 0) is 0 Å². The van der Waals surface area contributed by atoms with E-state index in [0.29, 0.717) is 28.4 Å². The fraction of sp³-hybridized carbons (Fsp3) is 0.364. The fourth-order valence-corrected chi connectivity index (χ4v) is 5.27. The molecular weight excluding hydrogens is 398 g/mol. The highest BCUT2D eigenvalue weighted by molar-refractivity contribution is 7.12. The van der Waals surface area contributed by atoms with Gasteiger partial charge in [-0.1, -0.05) is 18.0 Å². The number of hydrogen-bond donors (Lipinski definition) is 1. The van der Waals surface area contributed by atoms with E-state index in [-0.39, 0.29) is 5.91 Å². The molecule has 0 aromatic carbocycles. The van der Waals surface area contributed by atoms with Crippen LogP contribution < -0.4 is 5.32 Å². The van der Waals surface area contributed by atoms with Gasteiger partial charge >= 0.3 is 0 Å². The first-order valence-electron chi connectivity index (χ1n) is 10.2. The molecule has 4 heterocycles. The van der Waals surface area contributed by atoms with Gasteiger partial charge in [-0.2, -0.15) is 5.10 Å². The quantitative estimate of drug-likeness (QED) is 0.474. The third-order valence-electron chi connectivity index (χ3n) is 5.76. The van der Waals surface area contributed by atoms with Crippen molar-refractivity contribution in [1.29, 1.82) is 0 Å². The molecule has 1 saturated carbocycles. The number of pyridine rings is 1. The molecule has 0 atom stereocenters. The summed E-state index contributed by atoms with van der Waals surface area (Å²) in [5, 5.41) is 12.2. The van der Waals surface area contributed by atoms with Crippen LogP contribution in [0.3, 0.4) is 0 Å². The van der Waals surface area contributed by atoms with Gasteiger partial charge in [-0.25, -0.2) is 9.67 Å². The molecule has 1 N–H and O–H groups in total. The molecule has 4 aromatic rings. The van der Waals surface area contributed by atoms with Gasteiger partial charge in [-0.3, -0.25) is 4.79 Å². The summed E-state index contributed by atoms with van der Waals surface area (Å²) >= 11 is 1.71. The lowest BCUT2D eigenvalue weighted by Crippen LogP contribution is -2.18. The molecule has 1 aliphatic rings. The number of amides is 1. The summed E-state index contributed by atoms with van der Waals surface area (Å²) in [5.41, 5.74) is 3.27. The second kappa shape index (κ2) is 7.36. The van der Waals surface area contributed by atoms with Crippen LogP contribution in [0.1, 0.15) is 57.5 Å². The maximum atomic E-state index is 13.4. The summed E-state index contributed by atoms with van der Waals surface area (Å²) in [6.07, 6.45) is 6.33. The first-order valence-corrected chi connectivity index (χ1v) is 11.0. The van der Waals surface area contributed by atoms with Gasteiger partial charge in [0, 0.05) is 21.4 Å². The van der Waals surface area contributed by atoms with Crippen molar-refractivity contribution in [2.45, 2.75) is 52.5 Å². The van der Waals surface area contributed by atoms with Gasteiger partial charge < -0.3 is 9.84 Å². The first kappa shape index (κ1) is 19.0. The van der Waals surface area contributed by atoms with Gasteiger partial charge in [0.15, 0.2) is 0 Å². The number of aryl methyl sites for hydroxylation is 3. The zero-order valence-electron chi connectivity index (χ0n) is 17.2. The number of rotatable bonds is 4. The molecule has 154 valence electrons. The largest absolute Gasteiger partial charge is 0.335 e. The van der Waals surface area contributed by atoms with Crippen molar-refractivity contribution in [2.75, 3.05) is 5.32 Å². The summed E-state index contributed by atoms with van der Waals surface area (Å²) in [6.45, 7) is 5.95. The van der Waals surface area contributed by atoms with Crippen LogP contribution in [0.5, 0.6) is 0 Å². The van der Waals surface area contributed by atoms with Crippen molar-refractivity contribution in [1.82, 2.24) is 19.9 Å². The van der Waals surface area contributed by atoms with Gasteiger partial charge in [0.25, 0.3) is 11.6 Å². The molecule has 5 rings (SSSR count). The van der Waals surface area contributed by atoms with Crippen molar-refractivity contribution in [2.24, 2.45) is 0 Å². The topological polar surface area (TPSA) is 85.8 Å². The van der Waals surface area contributed by atoms with Crippen molar-refractivity contribution < 1.29 is 9.32 Å². The molecule has 0 radical (unpaired) electrons. The molecule has 0 bridgehead atoms. The van der Waals surface area contributed by atoms with Gasteiger partial charge in [0.05, 0.1) is 34.6 Å². The van der Waals surface area contributed by atoms with E-state index in [1.807, 2.05) is 23.7 Å². The molecule has 30 heavy (non-hydrogen) atoms. The number of carbonyl (C=O) groups excluding carboxylic acids is 1. The number of carbonyl (C=O) groups is 1. The number of nitrogens with one attached hydrogen (secondary N) is 1. The number of fused-ring (bicyclic) bond motifs is 1. The van der Waals surface area contributed by atoms with E-state index in [2.05, 4.69) is 40.5 Å². The Labute approximate surface area is 178 Å². The maximum Gasteiger partial charge on any atom is 0.259 e. The molecule has 1 fully saturated rings. The smallest absolute Gasteiger partial charge is 0.259 e. The third kappa shape index (κ3) is 3.21. The fourth-order valence-electron chi connectivity index (χ4n) is 4.33. The molecule has 0 saturated heterocycles. The molecule has 0 spiro atoms. The van der Waals surface area contributed by atoms with E-state index >= 15 is 0 Å². The summed E-state index contributed by atoms with van der Waals surface area (Å²) in [6, 6.07) is 6.13. The molecule has 7 nitrogen and oxygen atoms in total. The summed E-state index contributed by atoms with van der Waals surface area (Å²) in [5.74, 6) is 0.509. The zero-order valence-corrected chi connectivity index (χ0v) is 18.0. The Morgan fingerprint density at radius 3 is 2.77 bits per heavy atom. The summed E-state index contributed by atoms with van der Waals surface area (Å²) < 4.78 is 7.37. The highest BCUT2D eigenvalue weighted by Gasteiger charge is 2.24. The summed E-state index contributed by atoms with van der Waals surface area (Å²) in [7, 11) is 0. The van der Waals surface area contributed by atoms with Crippen LogP contribution in [-0.4, -0.2) is 25.8 Å². The normalized spacial score (nSPS) is 14.6. The average Bonchev–Trinajstić information content (AvgIpc) is 3.49. The van der Waals surface area contributed by atoms with E-state index in [1.165, 1.54) is 17.7 Å². The van der Waals surface area contributed by atoms with Gasteiger partial charge in [-0.05, 0) is 45.7 Å². The Kier molecular flexibility index (Phi) is 4.66. The second-order valence-corrected chi connectivity index (χ2v) is 9.34. The van der Waals surface area contributed by atoms with Crippen LogP contribution >= 0.6 is 11.3 Å². The van der Waals surface area contributed by atoms with E-state index in [4.69, 9.17) is 4.52 Å². The van der Waals surface area contributed by atoms with E-state index in [9.17, 15) is 4.79 Å². The second-order valence-electron chi connectivity index (χ2n) is 7.88. The Bertz CT molecular complexity index is 1250. The standard InChI is InChI=1S/C22H23N5O2S/c1-12-10-16(14(3)30-12)18-11-17(20-13(2)26-29-22(20)24-18)21(28)25-19-8-9-23-27(19)15-6-4-5-7-15/h8-11,15H,4-7H2,1-3H3,(H,25,28). The van der Waals surface area contributed by atoms with Crippen molar-refractivity contribution in [3.63, 3.8) is 0 Å². The molecule has 1 aliphatic carbocycles. The monoisotopic (exact) mass is 421 g/mol. The van der Waals surface area contributed by atoms with Gasteiger partial charge in [0.1, 0.15) is 5.82 Å². The van der Waals surface area contributed by atoms with Crippen molar-refractivity contribution in [3.05, 3.63) is 45.4 Å². The average molecular weight is 422 g/mol. The number of aromatic nitrogens is 4. The highest BCUT2D eigenvalue weighted by Crippen LogP contribution is 2.34. The van der Waals surface area contributed by atoms with Crippen LogP contribution in [0.25, 0.3) is 22.4 Å². The minimum atomic E-state index is -0.209. The van der Waals surface area contributed by atoms with E-state index in [1.54, 1.807) is 17.5 Å². The molecule has 4 aromatic heterocycles. The summed E-state index contributed by atoms with van der Waals surface area (Å²) in [4.78, 5) is 20.4. The Balaban J connectivity index is 1.56. The van der Waals surface area contributed by atoms with Gasteiger partial charge in [0.2, 0.25) is 0 Å². The predicted molar refractivity (Wildman–Crippen MR) is 117 cm³/mol. The van der Waals surface area contributed by atoms with Crippen LogP contribution in [0.2, 0.25) is 0 Å². The zero-order chi connectivity index (χ0) is 20.8. The molecule has 0 unspecified atom stereocenters. The van der Waals surface area contributed by atoms with Crippen molar-refractivity contribution >= 4 is 34.2 Å². The van der Waals surface area contributed by atoms with Crippen molar-refractivity contribution in [3.8, 4) is 11.3 Å². The van der Waals surface area contributed by atoms with Crippen LogP contribution in [0.15, 0.2) is 28.9 Å². The maximum absolute atomic E-state index is 13.4. The molecule has 0 aliphatic heterocycles. The SMILES string of the molecule is Cc1cc(-c2cc(C(=O)Nc3ccnn3C3CCCC3)c3c(C)noc3n2)c(C)s1. The Morgan fingerprint density at radius 2 is 2.03 bits per heavy atom. The van der Waals surface area contributed by atoms with Crippen LogP contribution in [0, 0.1) is 20.8 Å². The third-order valence-corrected chi connectivity index (χ3v) is 6.73. The molecule has 8 heteroatoms. The lowest BCUT2D eigenvalue weighted by Gasteiger charge is -2.15. The number of thiophene rings is 1. The minimum absolute atomic E-state index is 0.209. The lowest BCUT2D eigenvalue weighted by atomic mass is 10.1. The predicted octanol–water partition coefficient (Wildman–Crippen LogP) is 5.44.